The number of fused-ring (bicyclic) bond motifs is 5. The first-order valence-corrected chi connectivity index (χ1v) is 15.4. The lowest BCUT2D eigenvalue weighted by molar-refractivity contribution is -0.0990. The Bertz CT molecular complexity index is 883. The predicted molar refractivity (Wildman–Crippen MR) is 150 cm³/mol. The van der Waals surface area contributed by atoms with Crippen molar-refractivity contribution in [2.45, 2.75) is 131 Å². The quantitative estimate of drug-likeness (QED) is 0.325. The molecule has 0 radical (unpaired) electrons. The average Bonchev–Trinajstić information content (AvgIpc) is 3.52. The second-order valence-corrected chi connectivity index (χ2v) is 13.2. The van der Waals surface area contributed by atoms with Crippen LogP contribution in [0.4, 0.5) is 0 Å². The molecule has 5 rings (SSSR count). The third-order valence-corrected chi connectivity index (χ3v) is 11.2. The molecular formula is C32H54N2O3. The maximum absolute atomic E-state index is 11.4. The van der Waals surface area contributed by atoms with Gasteiger partial charge in [0.15, 0.2) is 0 Å². The molecular weight excluding hydrogens is 460 g/mol. The fourth-order valence-electron chi connectivity index (χ4n) is 8.93. The van der Waals surface area contributed by atoms with Crippen molar-refractivity contribution in [2.24, 2.45) is 40.4 Å². The highest BCUT2D eigenvalue weighted by Gasteiger charge is 2.59. The highest BCUT2D eigenvalue weighted by molar-refractivity contribution is 5.29. The minimum absolute atomic E-state index is 0.108. The molecule has 0 aromatic carbocycles. The molecule has 9 unspecified atom stereocenters. The molecule has 4 aliphatic rings. The van der Waals surface area contributed by atoms with Crippen LogP contribution < -0.4 is 0 Å². The van der Waals surface area contributed by atoms with Gasteiger partial charge in [-0.2, -0.15) is 5.10 Å². The van der Waals surface area contributed by atoms with Gasteiger partial charge < -0.3 is 14.9 Å². The summed E-state index contributed by atoms with van der Waals surface area (Å²) in [6.45, 7) is 13.8. The summed E-state index contributed by atoms with van der Waals surface area (Å²) >= 11 is 0. The Labute approximate surface area is 225 Å². The Morgan fingerprint density at radius 3 is 2.59 bits per heavy atom. The molecule has 5 heteroatoms. The molecule has 37 heavy (non-hydrogen) atoms. The number of aliphatic hydroxyl groups is 2. The minimum atomic E-state index is -0.491. The molecule has 3 N–H and O–H groups in total. The molecule has 4 aliphatic carbocycles. The number of aromatic nitrogens is 2. The van der Waals surface area contributed by atoms with E-state index in [1.165, 1.54) is 37.7 Å². The van der Waals surface area contributed by atoms with Crippen LogP contribution in [0, 0.1) is 40.4 Å². The van der Waals surface area contributed by atoms with Crippen LogP contribution in [0.3, 0.4) is 0 Å². The van der Waals surface area contributed by atoms with Crippen molar-refractivity contribution >= 4 is 0 Å². The largest absolute Gasteiger partial charge is 0.393 e. The van der Waals surface area contributed by atoms with Gasteiger partial charge in [-0.05, 0) is 110 Å². The Hall–Kier alpha value is -1.17. The number of ether oxygens (including phenoxy) is 1. The third-order valence-electron chi connectivity index (χ3n) is 11.2. The summed E-state index contributed by atoms with van der Waals surface area (Å²) in [4.78, 5) is 0. The van der Waals surface area contributed by atoms with Crippen LogP contribution >= 0.6 is 0 Å². The normalized spacial score (nSPS) is 39.6. The van der Waals surface area contributed by atoms with E-state index in [2.05, 4.69) is 44.0 Å². The van der Waals surface area contributed by atoms with Crippen LogP contribution in [0.2, 0.25) is 0 Å². The zero-order valence-electron chi connectivity index (χ0n) is 24.4. The third kappa shape index (κ3) is 5.47. The smallest absolute Gasteiger partial charge is 0.102 e. The SMILES string of the molecule is CC.CC(C)C(O)CCCC1CCC2C3CC=C4C(O)C(OCc5ccn[nH]5)CCC4(C)C3CCC12C. The molecule has 9 atom stereocenters. The first-order valence-electron chi connectivity index (χ1n) is 15.4. The lowest BCUT2D eigenvalue weighted by Gasteiger charge is -2.59. The van der Waals surface area contributed by atoms with Gasteiger partial charge in [-0.25, -0.2) is 0 Å². The summed E-state index contributed by atoms with van der Waals surface area (Å²) in [6, 6.07) is 1.93. The minimum Gasteiger partial charge on any atom is -0.393 e. The van der Waals surface area contributed by atoms with E-state index in [-0.39, 0.29) is 17.6 Å². The number of hydrogen-bond acceptors (Lipinski definition) is 4. The van der Waals surface area contributed by atoms with Crippen molar-refractivity contribution in [3.05, 3.63) is 29.6 Å². The summed E-state index contributed by atoms with van der Waals surface area (Å²) in [5.74, 6) is 3.42. The molecule has 0 bridgehead atoms. The van der Waals surface area contributed by atoms with Gasteiger partial charge in [0, 0.05) is 6.20 Å². The molecule has 3 saturated carbocycles. The zero-order chi connectivity index (χ0) is 26.8. The molecule has 0 spiro atoms. The highest BCUT2D eigenvalue weighted by Crippen LogP contribution is 2.66. The van der Waals surface area contributed by atoms with Crippen LogP contribution in [0.5, 0.6) is 0 Å². The fourth-order valence-corrected chi connectivity index (χ4v) is 8.93. The molecule has 1 aromatic rings. The number of aliphatic hydroxyl groups excluding tert-OH is 2. The molecule has 1 heterocycles. The van der Waals surface area contributed by atoms with Crippen LogP contribution in [-0.4, -0.2) is 38.7 Å². The van der Waals surface area contributed by atoms with Crippen LogP contribution in [-0.2, 0) is 11.3 Å². The van der Waals surface area contributed by atoms with Gasteiger partial charge in [-0.3, -0.25) is 5.10 Å². The van der Waals surface area contributed by atoms with Crippen LogP contribution in [0.25, 0.3) is 0 Å². The topological polar surface area (TPSA) is 78.4 Å². The lowest BCUT2D eigenvalue weighted by Crippen LogP contribution is -2.54. The average molecular weight is 515 g/mol. The van der Waals surface area contributed by atoms with Gasteiger partial charge in [-0.15, -0.1) is 0 Å². The Kier molecular flexibility index (Phi) is 9.29. The summed E-state index contributed by atoms with van der Waals surface area (Å²) in [6.07, 6.45) is 15.3. The second kappa shape index (κ2) is 11.9. The van der Waals surface area contributed by atoms with Crippen molar-refractivity contribution in [3.8, 4) is 0 Å². The first-order chi connectivity index (χ1) is 17.7. The standard InChI is InChI=1S/C30H48N2O3.C2H6/c1-19(2)26(33)7-5-6-20-8-10-23-22-9-11-25-28(34)27(35-18-21-14-17-31-32-21)13-16-30(25,4)24(22)12-15-29(20,23)3;1-2/h11,14,17,19-20,22-24,26-28,33-34H,5-10,12-13,15-16,18H2,1-4H3,(H,31,32);1-2H3. The number of nitrogens with one attached hydrogen (secondary N) is 1. The molecule has 3 fully saturated rings. The maximum atomic E-state index is 11.4. The van der Waals surface area contributed by atoms with E-state index in [0.717, 1.165) is 55.6 Å². The van der Waals surface area contributed by atoms with Crippen molar-refractivity contribution in [1.82, 2.24) is 10.2 Å². The first kappa shape index (κ1) is 28.8. The Morgan fingerprint density at radius 2 is 1.89 bits per heavy atom. The van der Waals surface area contributed by atoms with E-state index in [1.54, 1.807) is 6.20 Å². The van der Waals surface area contributed by atoms with Gasteiger partial charge in [0.05, 0.1) is 24.5 Å². The molecule has 1 aromatic heterocycles. The van der Waals surface area contributed by atoms with E-state index in [0.29, 0.717) is 23.9 Å². The second-order valence-electron chi connectivity index (χ2n) is 13.2. The number of nitrogens with zero attached hydrogens (tertiary/aromatic N) is 1. The van der Waals surface area contributed by atoms with Gasteiger partial charge >= 0.3 is 0 Å². The van der Waals surface area contributed by atoms with E-state index in [4.69, 9.17) is 4.74 Å². The van der Waals surface area contributed by atoms with Crippen molar-refractivity contribution in [3.63, 3.8) is 0 Å². The van der Waals surface area contributed by atoms with E-state index in [1.807, 2.05) is 19.9 Å². The zero-order valence-corrected chi connectivity index (χ0v) is 24.4. The summed E-state index contributed by atoms with van der Waals surface area (Å²) in [5, 5.41) is 28.6. The Balaban J connectivity index is 0.00000156. The number of hydrogen-bond donors (Lipinski definition) is 3. The van der Waals surface area contributed by atoms with Crippen molar-refractivity contribution < 1.29 is 14.9 Å². The molecule has 0 amide bonds. The van der Waals surface area contributed by atoms with Gasteiger partial charge in [0.1, 0.15) is 6.10 Å². The van der Waals surface area contributed by atoms with Gasteiger partial charge in [-0.1, -0.05) is 54.0 Å². The molecule has 210 valence electrons. The monoisotopic (exact) mass is 514 g/mol. The molecule has 0 saturated heterocycles. The summed E-state index contributed by atoms with van der Waals surface area (Å²) in [5.41, 5.74) is 2.79. The number of allylic oxidation sites excluding steroid dienone is 1. The number of H-pyrrole nitrogens is 1. The van der Waals surface area contributed by atoms with Crippen LogP contribution in [0.15, 0.2) is 23.9 Å². The number of rotatable bonds is 8. The highest BCUT2D eigenvalue weighted by atomic mass is 16.5. The summed E-state index contributed by atoms with van der Waals surface area (Å²) < 4.78 is 6.16. The number of aromatic amines is 1. The fraction of sp³-hybridized carbons (Fsp3) is 0.844. The van der Waals surface area contributed by atoms with E-state index < -0.39 is 6.10 Å². The maximum Gasteiger partial charge on any atom is 0.102 e. The summed E-state index contributed by atoms with van der Waals surface area (Å²) in [7, 11) is 0. The molecule has 0 aliphatic heterocycles. The van der Waals surface area contributed by atoms with E-state index >= 15 is 0 Å². The van der Waals surface area contributed by atoms with Crippen LogP contribution in [0.1, 0.15) is 111 Å². The van der Waals surface area contributed by atoms with Crippen molar-refractivity contribution in [2.75, 3.05) is 0 Å². The van der Waals surface area contributed by atoms with Gasteiger partial charge in [0.25, 0.3) is 0 Å². The van der Waals surface area contributed by atoms with Gasteiger partial charge in [0.2, 0.25) is 0 Å². The van der Waals surface area contributed by atoms with E-state index in [9.17, 15) is 10.2 Å². The molecule has 5 nitrogen and oxygen atoms in total. The Morgan fingerprint density at radius 1 is 1.11 bits per heavy atom. The predicted octanol–water partition coefficient (Wildman–Crippen LogP) is 7.06. The lowest BCUT2D eigenvalue weighted by atomic mass is 9.47. The van der Waals surface area contributed by atoms with Crippen molar-refractivity contribution in [1.29, 1.82) is 0 Å².